The Kier molecular flexibility index (Phi) is 5.39. The maximum atomic E-state index is 4.63. The van der Waals surface area contributed by atoms with Crippen molar-refractivity contribution in [3.05, 3.63) is 17.5 Å². The Labute approximate surface area is 112 Å². The van der Waals surface area contributed by atoms with E-state index in [2.05, 4.69) is 62.8 Å². The SMILES string of the molecule is CCc1cc(CC(NC)C(C)(C)CC)n(CC)n1. The normalized spacial score (nSPS) is 13.9. The number of aromatic nitrogens is 2. The number of hydrogen-bond acceptors (Lipinski definition) is 2. The Hall–Kier alpha value is -0.830. The van der Waals surface area contributed by atoms with E-state index in [9.17, 15) is 0 Å². The van der Waals surface area contributed by atoms with Gasteiger partial charge in [0, 0.05) is 24.7 Å². The number of hydrogen-bond donors (Lipinski definition) is 1. The minimum atomic E-state index is 0.309. The minimum absolute atomic E-state index is 0.309. The zero-order valence-electron chi connectivity index (χ0n) is 12.9. The van der Waals surface area contributed by atoms with Crippen molar-refractivity contribution in [2.75, 3.05) is 7.05 Å². The number of aryl methyl sites for hydroxylation is 2. The summed E-state index contributed by atoms with van der Waals surface area (Å²) in [4.78, 5) is 0. The summed E-state index contributed by atoms with van der Waals surface area (Å²) in [6.07, 6.45) is 3.25. The third kappa shape index (κ3) is 3.35. The molecular formula is C15H29N3. The van der Waals surface area contributed by atoms with Gasteiger partial charge in [0.05, 0.1) is 5.69 Å². The first kappa shape index (κ1) is 15.2. The average molecular weight is 251 g/mol. The molecule has 1 aromatic heterocycles. The van der Waals surface area contributed by atoms with Crippen LogP contribution in [-0.2, 0) is 19.4 Å². The Bertz CT molecular complexity index is 366. The Balaban J connectivity index is 2.90. The average Bonchev–Trinajstić information content (AvgIpc) is 2.77. The molecule has 1 rings (SSSR count). The van der Waals surface area contributed by atoms with Crippen LogP contribution in [0.15, 0.2) is 6.07 Å². The lowest BCUT2D eigenvalue weighted by atomic mass is 9.79. The van der Waals surface area contributed by atoms with Crippen LogP contribution in [0.2, 0.25) is 0 Å². The summed E-state index contributed by atoms with van der Waals surface area (Å²) in [7, 11) is 2.06. The predicted octanol–water partition coefficient (Wildman–Crippen LogP) is 3.03. The van der Waals surface area contributed by atoms with Crippen LogP contribution in [-0.4, -0.2) is 22.9 Å². The number of likely N-dealkylation sites (N-methyl/N-ethyl adjacent to an activating group) is 1. The molecule has 0 radical (unpaired) electrons. The Morgan fingerprint density at radius 1 is 1.33 bits per heavy atom. The monoisotopic (exact) mass is 251 g/mol. The highest BCUT2D eigenvalue weighted by Crippen LogP contribution is 2.27. The molecule has 0 aromatic carbocycles. The van der Waals surface area contributed by atoms with Crippen molar-refractivity contribution in [2.45, 2.75) is 66.5 Å². The maximum absolute atomic E-state index is 4.63. The van der Waals surface area contributed by atoms with Crippen LogP contribution in [0.5, 0.6) is 0 Å². The second-order valence-electron chi connectivity index (χ2n) is 5.68. The summed E-state index contributed by atoms with van der Waals surface area (Å²) in [6.45, 7) is 12.2. The lowest BCUT2D eigenvalue weighted by molar-refractivity contribution is 0.237. The summed E-state index contributed by atoms with van der Waals surface area (Å²) in [6, 6.07) is 2.76. The zero-order chi connectivity index (χ0) is 13.8. The molecule has 1 atom stereocenters. The molecule has 18 heavy (non-hydrogen) atoms. The van der Waals surface area contributed by atoms with Crippen molar-refractivity contribution in [3.8, 4) is 0 Å². The fourth-order valence-corrected chi connectivity index (χ4v) is 2.35. The van der Waals surface area contributed by atoms with Gasteiger partial charge in [-0.2, -0.15) is 5.10 Å². The van der Waals surface area contributed by atoms with E-state index in [-0.39, 0.29) is 0 Å². The van der Waals surface area contributed by atoms with Crippen LogP contribution in [0.1, 0.15) is 52.4 Å². The Morgan fingerprint density at radius 2 is 2.00 bits per heavy atom. The van der Waals surface area contributed by atoms with Gasteiger partial charge in [-0.05, 0) is 38.3 Å². The van der Waals surface area contributed by atoms with Crippen LogP contribution in [0, 0.1) is 5.41 Å². The lowest BCUT2D eigenvalue weighted by Crippen LogP contribution is -2.41. The van der Waals surface area contributed by atoms with Gasteiger partial charge in [0.15, 0.2) is 0 Å². The predicted molar refractivity (Wildman–Crippen MR) is 77.9 cm³/mol. The van der Waals surface area contributed by atoms with Crippen molar-refractivity contribution >= 4 is 0 Å². The van der Waals surface area contributed by atoms with E-state index in [4.69, 9.17) is 0 Å². The molecule has 3 nitrogen and oxygen atoms in total. The Morgan fingerprint density at radius 3 is 2.44 bits per heavy atom. The molecule has 0 saturated carbocycles. The standard InChI is InChI=1S/C15H29N3/c1-7-12-10-13(18(9-3)17-12)11-14(16-6)15(4,5)8-2/h10,14,16H,7-9,11H2,1-6H3. The summed E-state index contributed by atoms with van der Waals surface area (Å²) in [5.74, 6) is 0. The smallest absolute Gasteiger partial charge is 0.0624 e. The fourth-order valence-electron chi connectivity index (χ4n) is 2.35. The van der Waals surface area contributed by atoms with Gasteiger partial charge < -0.3 is 5.32 Å². The topological polar surface area (TPSA) is 29.9 Å². The molecule has 0 aliphatic heterocycles. The molecule has 0 aliphatic rings. The molecule has 1 aromatic rings. The van der Waals surface area contributed by atoms with E-state index in [1.807, 2.05) is 0 Å². The molecular weight excluding hydrogens is 222 g/mol. The van der Waals surface area contributed by atoms with Gasteiger partial charge in [0.25, 0.3) is 0 Å². The maximum Gasteiger partial charge on any atom is 0.0624 e. The molecule has 0 amide bonds. The number of nitrogens with one attached hydrogen (secondary N) is 1. The molecule has 0 spiro atoms. The molecule has 104 valence electrons. The van der Waals surface area contributed by atoms with Crippen molar-refractivity contribution in [2.24, 2.45) is 5.41 Å². The molecule has 0 aliphatic carbocycles. The van der Waals surface area contributed by atoms with E-state index in [1.54, 1.807) is 0 Å². The van der Waals surface area contributed by atoms with Gasteiger partial charge in [-0.3, -0.25) is 4.68 Å². The first-order chi connectivity index (χ1) is 8.48. The van der Waals surface area contributed by atoms with Crippen LogP contribution in [0.3, 0.4) is 0 Å². The molecule has 0 fully saturated rings. The molecule has 1 N–H and O–H groups in total. The summed E-state index contributed by atoms with van der Waals surface area (Å²) in [5.41, 5.74) is 2.87. The van der Waals surface area contributed by atoms with Gasteiger partial charge in [-0.15, -0.1) is 0 Å². The van der Waals surface area contributed by atoms with Crippen molar-refractivity contribution in [1.82, 2.24) is 15.1 Å². The van der Waals surface area contributed by atoms with Crippen molar-refractivity contribution in [3.63, 3.8) is 0 Å². The molecule has 0 bridgehead atoms. The summed E-state index contributed by atoms with van der Waals surface area (Å²) >= 11 is 0. The third-order valence-electron chi connectivity index (χ3n) is 4.19. The number of rotatable bonds is 7. The van der Waals surface area contributed by atoms with Gasteiger partial charge >= 0.3 is 0 Å². The second kappa shape index (κ2) is 6.37. The van der Waals surface area contributed by atoms with E-state index >= 15 is 0 Å². The third-order valence-corrected chi connectivity index (χ3v) is 4.19. The number of nitrogens with zero attached hydrogens (tertiary/aromatic N) is 2. The first-order valence-corrected chi connectivity index (χ1v) is 7.21. The van der Waals surface area contributed by atoms with E-state index in [1.165, 1.54) is 17.8 Å². The van der Waals surface area contributed by atoms with Crippen molar-refractivity contribution in [1.29, 1.82) is 0 Å². The van der Waals surface area contributed by atoms with E-state index in [0.29, 0.717) is 11.5 Å². The van der Waals surface area contributed by atoms with Crippen LogP contribution in [0.4, 0.5) is 0 Å². The van der Waals surface area contributed by atoms with Crippen LogP contribution < -0.4 is 5.32 Å². The molecule has 0 saturated heterocycles. The van der Waals surface area contributed by atoms with Crippen LogP contribution in [0.25, 0.3) is 0 Å². The van der Waals surface area contributed by atoms with E-state index in [0.717, 1.165) is 19.4 Å². The largest absolute Gasteiger partial charge is 0.316 e. The highest BCUT2D eigenvalue weighted by atomic mass is 15.3. The van der Waals surface area contributed by atoms with Gasteiger partial charge in [0.1, 0.15) is 0 Å². The minimum Gasteiger partial charge on any atom is -0.316 e. The highest BCUT2D eigenvalue weighted by molar-refractivity contribution is 5.12. The fraction of sp³-hybridized carbons (Fsp3) is 0.800. The molecule has 1 heterocycles. The van der Waals surface area contributed by atoms with E-state index < -0.39 is 0 Å². The quantitative estimate of drug-likeness (QED) is 0.807. The van der Waals surface area contributed by atoms with Crippen molar-refractivity contribution < 1.29 is 0 Å². The lowest BCUT2D eigenvalue weighted by Gasteiger charge is -2.33. The van der Waals surface area contributed by atoms with Gasteiger partial charge in [-0.1, -0.05) is 27.7 Å². The summed E-state index contributed by atoms with van der Waals surface area (Å²) in [5, 5.41) is 8.11. The second-order valence-corrected chi connectivity index (χ2v) is 5.68. The summed E-state index contributed by atoms with van der Waals surface area (Å²) < 4.78 is 2.15. The van der Waals surface area contributed by atoms with Gasteiger partial charge in [0.2, 0.25) is 0 Å². The van der Waals surface area contributed by atoms with Crippen LogP contribution >= 0.6 is 0 Å². The van der Waals surface area contributed by atoms with Gasteiger partial charge in [-0.25, -0.2) is 0 Å². The highest BCUT2D eigenvalue weighted by Gasteiger charge is 2.27. The molecule has 3 heteroatoms. The molecule has 1 unspecified atom stereocenters. The first-order valence-electron chi connectivity index (χ1n) is 7.21. The zero-order valence-corrected chi connectivity index (χ0v) is 12.9.